The molecular formula is C28H39N9O2. The molecule has 2 aromatic carbocycles. The number of ether oxygens (including phenoxy) is 1. The number of carbonyl (C=O) groups excluding carboxylic acids is 1. The van der Waals surface area contributed by atoms with Crippen LogP contribution in [-0.2, 0) is 11.8 Å². The molecule has 0 saturated heterocycles. The van der Waals surface area contributed by atoms with Crippen molar-refractivity contribution in [3.8, 4) is 5.75 Å². The summed E-state index contributed by atoms with van der Waals surface area (Å²) in [5.74, 6) is 6.29. The molecule has 11 nitrogen and oxygen atoms in total. The number of nitrogens with one attached hydrogen (secondary N) is 2. The fourth-order valence-corrected chi connectivity index (χ4v) is 4.17. The van der Waals surface area contributed by atoms with Crippen LogP contribution in [0.2, 0.25) is 0 Å². The molecule has 0 aliphatic carbocycles. The molecule has 0 radical (unpaired) electrons. The number of benzene rings is 2. The van der Waals surface area contributed by atoms with Gasteiger partial charge in [-0.1, -0.05) is 26.5 Å². The van der Waals surface area contributed by atoms with Gasteiger partial charge < -0.3 is 31.0 Å². The van der Waals surface area contributed by atoms with Crippen molar-refractivity contribution < 1.29 is 9.53 Å². The van der Waals surface area contributed by atoms with E-state index in [0.29, 0.717) is 28.7 Å². The number of rotatable bonds is 12. The molecule has 208 valence electrons. The summed E-state index contributed by atoms with van der Waals surface area (Å²) in [5, 5.41) is 8.13. The Labute approximate surface area is 229 Å². The van der Waals surface area contributed by atoms with Gasteiger partial charge in [-0.3, -0.25) is 9.48 Å². The molecule has 0 bridgehead atoms. The number of aromatic nitrogens is 2. The van der Waals surface area contributed by atoms with E-state index in [-0.39, 0.29) is 5.91 Å². The third-order valence-electron chi connectivity index (χ3n) is 6.56. The van der Waals surface area contributed by atoms with Gasteiger partial charge in [0.15, 0.2) is 0 Å². The number of aliphatic imine (C=N–C) groups is 1. The zero-order chi connectivity index (χ0) is 28.5. The first-order chi connectivity index (χ1) is 18.7. The predicted octanol–water partition coefficient (Wildman–Crippen LogP) is 2.98. The number of carbonyl (C=O) groups is 1. The largest absolute Gasteiger partial charge is 0.494 e. The van der Waals surface area contributed by atoms with E-state index < -0.39 is 0 Å². The highest BCUT2D eigenvalue weighted by molar-refractivity contribution is 6.03. The van der Waals surface area contributed by atoms with Crippen LogP contribution in [0, 0.1) is 0 Å². The summed E-state index contributed by atoms with van der Waals surface area (Å²) in [4.78, 5) is 21.3. The van der Waals surface area contributed by atoms with E-state index in [1.54, 1.807) is 30.1 Å². The third kappa shape index (κ3) is 7.15. The van der Waals surface area contributed by atoms with E-state index in [1.165, 1.54) is 6.08 Å². The van der Waals surface area contributed by atoms with E-state index in [2.05, 4.69) is 51.1 Å². The minimum Gasteiger partial charge on any atom is -0.494 e. The molecule has 11 heteroatoms. The van der Waals surface area contributed by atoms with Crippen molar-refractivity contribution in [2.75, 3.05) is 50.6 Å². The monoisotopic (exact) mass is 533 g/mol. The molecule has 0 aliphatic rings. The number of hydrogen-bond donors (Lipinski definition) is 4. The van der Waals surface area contributed by atoms with Crippen molar-refractivity contribution in [1.29, 1.82) is 0 Å². The number of amidine groups is 1. The zero-order valence-electron chi connectivity index (χ0n) is 23.4. The summed E-state index contributed by atoms with van der Waals surface area (Å²) >= 11 is 0. The van der Waals surface area contributed by atoms with Crippen LogP contribution >= 0.6 is 0 Å². The number of fused-ring (bicyclic) bond motifs is 1. The lowest BCUT2D eigenvalue weighted by Gasteiger charge is -2.27. The Hall–Kier alpha value is -4.35. The molecule has 0 unspecified atom stereocenters. The topological polar surface area (TPSA) is 139 Å². The molecule has 3 rings (SSSR count). The first kappa shape index (κ1) is 29.2. The molecule has 1 aromatic heterocycles. The Bertz CT molecular complexity index is 1370. The molecule has 0 spiro atoms. The van der Waals surface area contributed by atoms with Crippen LogP contribution in [0.5, 0.6) is 5.75 Å². The summed E-state index contributed by atoms with van der Waals surface area (Å²) in [6.45, 7) is 11.4. The minimum absolute atomic E-state index is 0.306. The Morgan fingerprint density at radius 1 is 1.23 bits per heavy atom. The molecule has 3 aromatic rings. The first-order valence-corrected chi connectivity index (χ1v) is 12.8. The maximum Gasteiger partial charge on any atom is 0.247 e. The number of nitrogens with two attached hydrogens (primary N) is 2. The van der Waals surface area contributed by atoms with Crippen LogP contribution in [0.3, 0.4) is 0 Å². The molecule has 6 N–H and O–H groups in total. The second kappa shape index (κ2) is 13.4. The average Bonchev–Trinajstić information content (AvgIpc) is 3.32. The molecular weight excluding hydrogens is 494 g/mol. The summed E-state index contributed by atoms with van der Waals surface area (Å²) in [6, 6.07) is 9.41. The van der Waals surface area contributed by atoms with Crippen molar-refractivity contribution in [1.82, 2.24) is 20.1 Å². The summed E-state index contributed by atoms with van der Waals surface area (Å²) in [6.07, 6.45) is 4.65. The average molecular weight is 534 g/mol. The van der Waals surface area contributed by atoms with Gasteiger partial charge in [-0.05, 0) is 42.9 Å². The summed E-state index contributed by atoms with van der Waals surface area (Å²) in [5.41, 5.74) is 13.1. The van der Waals surface area contributed by atoms with Crippen LogP contribution in [0.1, 0.15) is 19.4 Å². The van der Waals surface area contributed by atoms with Crippen LogP contribution < -0.4 is 32.0 Å². The van der Waals surface area contributed by atoms with Crippen molar-refractivity contribution >= 4 is 45.4 Å². The Balaban J connectivity index is 2.00. The van der Waals surface area contributed by atoms with Gasteiger partial charge in [-0.2, -0.15) is 5.10 Å². The fourth-order valence-electron chi connectivity index (χ4n) is 4.17. The van der Waals surface area contributed by atoms with Gasteiger partial charge in [0.25, 0.3) is 0 Å². The zero-order valence-corrected chi connectivity index (χ0v) is 23.4. The lowest BCUT2D eigenvalue weighted by atomic mass is 10.1. The maximum absolute atomic E-state index is 12.3. The number of nitrogens with zero attached hydrogens (tertiary/aromatic N) is 5. The standard InChI is InChI=1S/C28H39N9O2/c1-7-28(38)33-22-16-23(26(39-6)17-25(22)35(4)12-13-37(8-2)9-3)32-27(34-30)15-21(29)19-10-11-24-20(14-19)18-31-36(24)5/h7,10-11,14-18H,1,8-9,12-13,29-30H2,2-6H3,(H,32,34)(H,33,38). The number of methoxy groups -OCH3 is 1. The van der Waals surface area contributed by atoms with Crippen molar-refractivity contribution in [3.63, 3.8) is 0 Å². The van der Waals surface area contributed by atoms with Gasteiger partial charge >= 0.3 is 0 Å². The Kier molecular flexibility index (Phi) is 10.1. The second-order valence-electron chi connectivity index (χ2n) is 8.97. The molecule has 39 heavy (non-hydrogen) atoms. The van der Waals surface area contributed by atoms with Crippen LogP contribution in [0.15, 0.2) is 60.3 Å². The SMILES string of the molecule is C=CC(=O)Nc1cc(N=C(C=C(N)c2ccc3c(cnn3C)c2)NN)c(OC)cc1N(C)CCN(CC)CC. The number of aryl methyl sites for hydroxylation is 1. The van der Waals surface area contributed by atoms with Gasteiger partial charge in [0.2, 0.25) is 5.91 Å². The van der Waals surface area contributed by atoms with E-state index in [0.717, 1.165) is 48.3 Å². The van der Waals surface area contributed by atoms with Crippen molar-refractivity contribution in [2.45, 2.75) is 13.8 Å². The van der Waals surface area contributed by atoms with E-state index in [9.17, 15) is 4.79 Å². The van der Waals surface area contributed by atoms with Gasteiger partial charge in [-0.15, -0.1) is 0 Å². The summed E-state index contributed by atoms with van der Waals surface area (Å²) < 4.78 is 7.47. The smallest absolute Gasteiger partial charge is 0.247 e. The Morgan fingerprint density at radius 3 is 2.62 bits per heavy atom. The lowest BCUT2D eigenvalue weighted by molar-refractivity contribution is -0.111. The van der Waals surface area contributed by atoms with Crippen molar-refractivity contribution in [3.05, 3.63) is 60.8 Å². The highest BCUT2D eigenvalue weighted by Crippen LogP contribution is 2.38. The molecule has 0 atom stereocenters. The third-order valence-corrected chi connectivity index (χ3v) is 6.56. The number of amides is 1. The van der Waals surface area contributed by atoms with Gasteiger partial charge in [-0.25, -0.2) is 10.8 Å². The molecule has 0 saturated carbocycles. The van der Waals surface area contributed by atoms with Crippen LogP contribution in [0.4, 0.5) is 17.1 Å². The van der Waals surface area contributed by atoms with Crippen LogP contribution in [-0.4, -0.2) is 66.8 Å². The number of hydrazine groups is 1. The fraction of sp³-hybridized carbons (Fsp3) is 0.321. The van der Waals surface area contributed by atoms with Gasteiger partial charge in [0.1, 0.15) is 17.3 Å². The minimum atomic E-state index is -0.333. The van der Waals surface area contributed by atoms with Gasteiger partial charge in [0.05, 0.1) is 30.2 Å². The Morgan fingerprint density at radius 2 is 1.97 bits per heavy atom. The quantitative estimate of drug-likeness (QED) is 0.0916. The maximum atomic E-state index is 12.3. The highest BCUT2D eigenvalue weighted by atomic mass is 16.5. The molecule has 0 fully saturated rings. The predicted molar refractivity (Wildman–Crippen MR) is 160 cm³/mol. The van der Waals surface area contributed by atoms with Gasteiger partial charge in [0, 0.05) is 50.4 Å². The molecule has 1 amide bonds. The second-order valence-corrected chi connectivity index (χ2v) is 8.97. The van der Waals surface area contributed by atoms with E-state index >= 15 is 0 Å². The molecule has 1 heterocycles. The van der Waals surface area contributed by atoms with Crippen LogP contribution in [0.25, 0.3) is 16.6 Å². The van der Waals surface area contributed by atoms with E-state index in [1.807, 2.05) is 38.4 Å². The van der Waals surface area contributed by atoms with E-state index in [4.69, 9.17) is 16.3 Å². The summed E-state index contributed by atoms with van der Waals surface area (Å²) in [7, 11) is 5.43. The number of likely N-dealkylation sites (N-methyl/N-ethyl adjacent to an activating group) is 2. The number of hydrogen-bond acceptors (Lipinski definition) is 8. The lowest BCUT2D eigenvalue weighted by Crippen LogP contribution is -2.33. The highest BCUT2D eigenvalue weighted by Gasteiger charge is 2.16. The first-order valence-electron chi connectivity index (χ1n) is 12.8. The van der Waals surface area contributed by atoms with Crippen molar-refractivity contribution in [2.24, 2.45) is 23.6 Å². The number of anilines is 2. The molecule has 0 aliphatic heterocycles. The normalized spacial score (nSPS) is 12.1.